The lowest BCUT2D eigenvalue weighted by molar-refractivity contribution is 0.748. The van der Waals surface area contributed by atoms with E-state index in [-0.39, 0.29) is 0 Å². The lowest BCUT2D eigenvalue weighted by Crippen LogP contribution is -2.08. The zero-order valence-electron chi connectivity index (χ0n) is 13.7. The van der Waals surface area contributed by atoms with E-state index in [1.54, 1.807) is 0 Å². The van der Waals surface area contributed by atoms with Crippen LogP contribution in [0.4, 0.5) is 0 Å². The number of rotatable bonds is 5. The van der Waals surface area contributed by atoms with Crippen LogP contribution >= 0.6 is 0 Å². The first-order valence-corrected chi connectivity index (χ1v) is 7.94. The van der Waals surface area contributed by atoms with E-state index in [2.05, 4.69) is 60.6 Å². The summed E-state index contributed by atoms with van der Waals surface area (Å²) in [6.07, 6.45) is 1.82. The van der Waals surface area contributed by atoms with E-state index in [4.69, 9.17) is 5.73 Å². The third kappa shape index (κ3) is 3.32. The molecule has 0 fully saturated rings. The molecule has 2 N–H and O–H groups in total. The highest BCUT2D eigenvalue weighted by Crippen LogP contribution is 2.18. The van der Waals surface area contributed by atoms with E-state index in [0.29, 0.717) is 6.54 Å². The average molecular weight is 306 g/mol. The maximum absolute atomic E-state index is 5.85. The summed E-state index contributed by atoms with van der Waals surface area (Å²) in [6, 6.07) is 16.9. The fraction of sp³-hybridized carbons (Fsp3) is 0.263. The Balaban J connectivity index is 1.90. The summed E-state index contributed by atoms with van der Waals surface area (Å²) < 4.78 is 1.94. The maximum atomic E-state index is 5.85. The second kappa shape index (κ2) is 6.75. The largest absolute Gasteiger partial charge is 0.325 e. The minimum atomic E-state index is 0.412. The van der Waals surface area contributed by atoms with Crippen molar-refractivity contribution in [1.29, 1.82) is 0 Å². The summed E-state index contributed by atoms with van der Waals surface area (Å²) in [5.41, 5.74) is 12.7. The number of aryl methyl sites for hydroxylation is 3. The molecule has 0 aliphatic heterocycles. The zero-order chi connectivity index (χ0) is 16.2. The fourth-order valence-electron chi connectivity index (χ4n) is 2.75. The molecule has 23 heavy (non-hydrogen) atoms. The lowest BCUT2D eigenvalue weighted by Gasteiger charge is -2.10. The van der Waals surface area contributed by atoms with Crippen LogP contribution in [0.1, 0.15) is 28.1 Å². The Kier molecular flexibility index (Phi) is 4.53. The Morgan fingerprint density at radius 2 is 1.70 bits per heavy atom. The first kappa shape index (κ1) is 15.4. The van der Waals surface area contributed by atoms with Crippen LogP contribution in [0.5, 0.6) is 0 Å². The van der Waals surface area contributed by atoms with Crippen LogP contribution < -0.4 is 5.73 Å². The topological polar surface area (TPSA) is 56.7 Å². The molecule has 0 aliphatic rings. The van der Waals surface area contributed by atoms with E-state index < -0.39 is 0 Å². The summed E-state index contributed by atoms with van der Waals surface area (Å²) in [4.78, 5) is 0. The van der Waals surface area contributed by atoms with Gasteiger partial charge in [-0.05, 0) is 43.9 Å². The molecule has 1 aromatic heterocycles. The van der Waals surface area contributed by atoms with Crippen molar-refractivity contribution in [3.63, 3.8) is 0 Å². The Labute approximate surface area is 137 Å². The molecule has 0 aliphatic carbocycles. The van der Waals surface area contributed by atoms with E-state index in [1.807, 2.05) is 16.8 Å². The molecule has 4 nitrogen and oxygen atoms in total. The minimum absolute atomic E-state index is 0.412. The molecule has 0 saturated carbocycles. The Morgan fingerprint density at radius 1 is 0.957 bits per heavy atom. The van der Waals surface area contributed by atoms with Gasteiger partial charge in [-0.2, -0.15) is 0 Å². The lowest BCUT2D eigenvalue weighted by atomic mass is 10.1. The van der Waals surface area contributed by atoms with Crippen molar-refractivity contribution in [2.24, 2.45) is 5.73 Å². The van der Waals surface area contributed by atoms with Crippen molar-refractivity contribution in [2.75, 3.05) is 0 Å². The molecule has 0 saturated heterocycles. The van der Waals surface area contributed by atoms with Gasteiger partial charge in [0, 0.05) is 6.54 Å². The SMILES string of the molecule is Cc1ccc(CCc2c(CN)nnn2-c2ccccc2C)cc1. The van der Waals surface area contributed by atoms with Gasteiger partial charge in [0.1, 0.15) is 0 Å². The van der Waals surface area contributed by atoms with Crippen molar-refractivity contribution < 1.29 is 0 Å². The van der Waals surface area contributed by atoms with E-state index in [1.165, 1.54) is 16.7 Å². The number of aromatic nitrogens is 3. The Bertz CT molecular complexity index is 787. The predicted molar refractivity (Wildman–Crippen MR) is 92.6 cm³/mol. The second-order valence-corrected chi connectivity index (χ2v) is 5.87. The van der Waals surface area contributed by atoms with Crippen LogP contribution in [0.2, 0.25) is 0 Å². The van der Waals surface area contributed by atoms with Crippen LogP contribution in [0, 0.1) is 13.8 Å². The Hall–Kier alpha value is -2.46. The van der Waals surface area contributed by atoms with E-state index in [0.717, 1.165) is 29.9 Å². The maximum Gasteiger partial charge on any atom is 0.0999 e. The zero-order valence-corrected chi connectivity index (χ0v) is 13.7. The van der Waals surface area contributed by atoms with E-state index >= 15 is 0 Å². The number of hydrogen-bond acceptors (Lipinski definition) is 3. The minimum Gasteiger partial charge on any atom is -0.325 e. The molecular weight excluding hydrogens is 284 g/mol. The molecule has 0 unspecified atom stereocenters. The van der Waals surface area contributed by atoms with Gasteiger partial charge >= 0.3 is 0 Å². The van der Waals surface area contributed by atoms with Gasteiger partial charge in [0.15, 0.2) is 0 Å². The van der Waals surface area contributed by atoms with Crippen molar-refractivity contribution in [1.82, 2.24) is 15.0 Å². The van der Waals surface area contributed by atoms with Gasteiger partial charge in [-0.15, -0.1) is 5.10 Å². The summed E-state index contributed by atoms with van der Waals surface area (Å²) in [5.74, 6) is 0. The number of benzene rings is 2. The molecule has 0 amide bonds. The molecule has 0 radical (unpaired) electrons. The van der Waals surface area contributed by atoms with Crippen molar-refractivity contribution in [2.45, 2.75) is 33.2 Å². The summed E-state index contributed by atoms with van der Waals surface area (Å²) in [6.45, 7) is 4.60. The number of para-hydroxylation sites is 1. The van der Waals surface area contributed by atoms with Gasteiger partial charge in [0.2, 0.25) is 0 Å². The van der Waals surface area contributed by atoms with Crippen LogP contribution in [0.3, 0.4) is 0 Å². The smallest absolute Gasteiger partial charge is 0.0999 e. The number of nitrogens with zero attached hydrogens (tertiary/aromatic N) is 3. The molecule has 3 rings (SSSR count). The van der Waals surface area contributed by atoms with E-state index in [9.17, 15) is 0 Å². The van der Waals surface area contributed by atoms with Gasteiger partial charge < -0.3 is 5.73 Å². The van der Waals surface area contributed by atoms with Crippen LogP contribution in [-0.4, -0.2) is 15.0 Å². The van der Waals surface area contributed by atoms with Crippen LogP contribution in [0.15, 0.2) is 48.5 Å². The third-order valence-corrected chi connectivity index (χ3v) is 4.15. The molecule has 0 spiro atoms. The van der Waals surface area contributed by atoms with Gasteiger partial charge in [-0.3, -0.25) is 0 Å². The van der Waals surface area contributed by atoms with Gasteiger partial charge in [0.05, 0.1) is 17.1 Å². The van der Waals surface area contributed by atoms with Crippen molar-refractivity contribution >= 4 is 0 Å². The standard InChI is InChI=1S/C19H22N4/c1-14-7-9-16(10-8-14)11-12-19-17(13-20)21-22-23(19)18-6-4-3-5-15(18)2/h3-10H,11-13,20H2,1-2H3. The molecule has 1 heterocycles. The average Bonchev–Trinajstić information content (AvgIpc) is 2.97. The molecule has 3 aromatic rings. The first-order chi connectivity index (χ1) is 11.2. The summed E-state index contributed by atoms with van der Waals surface area (Å²) >= 11 is 0. The van der Waals surface area contributed by atoms with Crippen LogP contribution in [0.25, 0.3) is 5.69 Å². The van der Waals surface area contributed by atoms with Gasteiger partial charge in [-0.25, -0.2) is 4.68 Å². The van der Waals surface area contributed by atoms with Crippen molar-refractivity contribution in [3.05, 3.63) is 76.6 Å². The summed E-state index contributed by atoms with van der Waals surface area (Å²) in [5, 5.41) is 8.60. The highest BCUT2D eigenvalue weighted by molar-refractivity contribution is 5.41. The normalized spacial score (nSPS) is 10.9. The molecular formula is C19H22N4. The Morgan fingerprint density at radius 3 is 2.39 bits per heavy atom. The molecule has 118 valence electrons. The second-order valence-electron chi connectivity index (χ2n) is 5.87. The molecule has 2 aromatic carbocycles. The summed E-state index contributed by atoms with van der Waals surface area (Å²) in [7, 11) is 0. The van der Waals surface area contributed by atoms with Gasteiger partial charge in [0.25, 0.3) is 0 Å². The molecule has 0 atom stereocenters. The third-order valence-electron chi connectivity index (χ3n) is 4.15. The quantitative estimate of drug-likeness (QED) is 0.788. The monoisotopic (exact) mass is 306 g/mol. The molecule has 0 bridgehead atoms. The number of nitrogens with two attached hydrogens (primary N) is 1. The van der Waals surface area contributed by atoms with Gasteiger partial charge in [-0.1, -0.05) is 53.2 Å². The fourth-order valence-corrected chi connectivity index (χ4v) is 2.75. The first-order valence-electron chi connectivity index (χ1n) is 7.94. The van der Waals surface area contributed by atoms with Crippen LogP contribution in [-0.2, 0) is 19.4 Å². The molecule has 4 heteroatoms. The predicted octanol–water partition coefficient (Wildman–Crippen LogP) is 3.13. The number of hydrogen-bond donors (Lipinski definition) is 1. The highest BCUT2D eigenvalue weighted by Gasteiger charge is 2.14. The van der Waals surface area contributed by atoms with Crippen molar-refractivity contribution in [3.8, 4) is 5.69 Å². The highest BCUT2D eigenvalue weighted by atomic mass is 15.4.